The molecule has 0 aliphatic heterocycles. The molecule has 0 bridgehead atoms. The number of aliphatic carboxylic acids is 1. The van der Waals surface area contributed by atoms with Crippen molar-refractivity contribution < 1.29 is 14.6 Å². The Labute approximate surface area is 115 Å². The third kappa shape index (κ3) is 3.72. The third-order valence-corrected chi connectivity index (χ3v) is 4.00. The fraction of sp³-hybridized carbons (Fsp3) is 0.562. The molecule has 1 rings (SSSR count). The number of aryl methyl sites for hydroxylation is 1. The summed E-state index contributed by atoms with van der Waals surface area (Å²) >= 11 is 0. The number of carboxylic acid groups (broad SMARTS) is 1. The quantitative estimate of drug-likeness (QED) is 0.774. The second-order valence-electron chi connectivity index (χ2n) is 4.85. The van der Waals surface area contributed by atoms with Gasteiger partial charge in [0.2, 0.25) is 0 Å². The topological polar surface area (TPSA) is 46.5 Å². The van der Waals surface area contributed by atoms with Crippen LogP contribution < -0.4 is 4.74 Å². The number of benzene rings is 1. The highest BCUT2D eigenvalue weighted by Crippen LogP contribution is 2.31. The molecule has 19 heavy (non-hydrogen) atoms. The lowest BCUT2D eigenvalue weighted by Gasteiger charge is -2.26. The van der Waals surface area contributed by atoms with E-state index in [1.54, 1.807) is 0 Å². The number of hydrogen-bond donors (Lipinski definition) is 1. The van der Waals surface area contributed by atoms with Crippen molar-refractivity contribution in [3.63, 3.8) is 0 Å². The van der Waals surface area contributed by atoms with Gasteiger partial charge in [0.1, 0.15) is 5.75 Å². The molecule has 0 spiro atoms. The van der Waals surface area contributed by atoms with Crippen LogP contribution in [0.2, 0.25) is 0 Å². The fourth-order valence-corrected chi connectivity index (χ4v) is 2.31. The molecule has 0 amide bonds. The lowest BCUT2D eigenvalue weighted by Crippen LogP contribution is -2.31. The van der Waals surface area contributed by atoms with Crippen LogP contribution in [0, 0.1) is 5.41 Å². The second kappa shape index (κ2) is 7.17. The van der Waals surface area contributed by atoms with Gasteiger partial charge in [-0.2, -0.15) is 0 Å². The Morgan fingerprint density at radius 3 is 2.37 bits per heavy atom. The molecule has 0 aliphatic carbocycles. The van der Waals surface area contributed by atoms with Crippen molar-refractivity contribution in [3.05, 3.63) is 29.8 Å². The summed E-state index contributed by atoms with van der Waals surface area (Å²) in [5.74, 6) is 0.154. The maximum Gasteiger partial charge on any atom is 0.309 e. The molecule has 0 saturated heterocycles. The lowest BCUT2D eigenvalue weighted by atomic mass is 9.79. The van der Waals surface area contributed by atoms with E-state index < -0.39 is 11.4 Å². The summed E-state index contributed by atoms with van der Waals surface area (Å²) in [7, 11) is 0. The molecule has 0 unspecified atom stereocenters. The summed E-state index contributed by atoms with van der Waals surface area (Å²) in [6.45, 7) is 6.39. The van der Waals surface area contributed by atoms with Crippen LogP contribution in [0.15, 0.2) is 24.3 Å². The zero-order valence-electron chi connectivity index (χ0n) is 12.1. The first kappa shape index (κ1) is 15.5. The molecule has 0 radical (unpaired) electrons. The zero-order valence-corrected chi connectivity index (χ0v) is 12.1. The summed E-state index contributed by atoms with van der Waals surface area (Å²) < 4.78 is 5.77. The van der Waals surface area contributed by atoms with E-state index >= 15 is 0 Å². The average molecular weight is 264 g/mol. The van der Waals surface area contributed by atoms with Crippen LogP contribution >= 0.6 is 0 Å². The lowest BCUT2D eigenvalue weighted by molar-refractivity contribution is -0.150. The number of ether oxygens (including phenoxy) is 1. The molecule has 0 fully saturated rings. The first-order valence-electron chi connectivity index (χ1n) is 7.03. The summed E-state index contributed by atoms with van der Waals surface area (Å²) in [5.41, 5.74) is 0.512. The minimum atomic E-state index is -0.718. The predicted octanol–water partition coefficient (Wildman–Crippen LogP) is 3.91. The molecule has 1 aromatic rings. The smallest absolute Gasteiger partial charge is 0.309 e. The van der Waals surface area contributed by atoms with E-state index in [-0.39, 0.29) is 0 Å². The molecule has 0 aliphatic rings. The highest BCUT2D eigenvalue weighted by atomic mass is 16.5. The van der Waals surface area contributed by atoms with Gasteiger partial charge in [-0.25, -0.2) is 0 Å². The molecular formula is C16H24O3. The van der Waals surface area contributed by atoms with Gasteiger partial charge in [0.15, 0.2) is 0 Å². The van der Waals surface area contributed by atoms with Gasteiger partial charge in [-0.05, 0) is 37.3 Å². The van der Waals surface area contributed by atoms with Gasteiger partial charge in [-0.3, -0.25) is 4.79 Å². The molecule has 1 aromatic carbocycles. The Kier molecular flexibility index (Phi) is 5.87. The second-order valence-corrected chi connectivity index (χ2v) is 4.85. The largest absolute Gasteiger partial charge is 0.493 e. The van der Waals surface area contributed by atoms with Crippen molar-refractivity contribution in [2.45, 2.75) is 46.5 Å². The van der Waals surface area contributed by atoms with Gasteiger partial charge in [0, 0.05) is 0 Å². The van der Waals surface area contributed by atoms with E-state index in [1.807, 2.05) is 38.1 Å². The van der Waals surface area contributed by atoms with Crippen LogP contribution in [0.1, 0.15) is 45.6 Å². The van der Waals surface area contributed by atoms with E-state index in [1.165, 1.54) is 0 Å². The Bertz CT molecular complexity index is 408. The number of hydrogen-bond acceptors (Lipinski definition) is 2. The number of carboxylic acids is 1. The van der Waals surface area contributed by atoms with Crippen LogP contribution in [-0.4, -0.2) is 17.7 Å². The Morgan fingerprint density at radius 2 is 1.84 bits per heavy atom. The third-order valence-electron chi connectivity index (χ3n) is 4.00. The summed E-state index contributed by atoms with van der Waals surface area (Å²) in [6, 6.07) is 7.92. The average Bonchev–Trinajstić information content (AvgIpc) is 2.44. The monoisotopic (exact) mass is 264 g/mol. The highest BCUT2D eigenvalue weighted by molar-refractivity contribution is 5.74. The molecule has 0 aromatic heterocycles. The Hall–Kier alpha value is -1.51. The summed E-state index contributed by atoms with van der Waals surface area (Å²) in [6.07, 6.45) is 2.74. The van der Waals surface area contributed by atoms with Gasteiger partial charge in [-0.1, -0.05) is 39.0 Å². The predicted molar refractivity (Wildman–Crippen MR) is 76.6 cm³/mol. The molecule has 3 nitrogen and oxygen atoms in total. The number of carbonyl (C=O) groups is 1. The van der Waals surface area contributed by atoms with Crippen molar-refractivity contribution in [3.8, 4) is 5.75 Å². The van der Waals surface area contributed by atoms with E-state index in [0.717, 1.165) is 17.7 Å². The maximum absolute atomic E-state index is 11.4. The molecule has 1 N–H and O–H groups in total. The number of para-hydroxylation sites is 1. The van der Waals surface area contributed by atoms with Gasteiger partial charge in [0.25, 0.3) is 0 Å². The van der Waals surface area contributed by atoms with Crippen LogP contribution in [0.5, 0.6) is 5.75 Å². The van der Waals surface area contributed by atoms with Crippen molar-refractivity contribution in [1.82, 2.24) is 0 Å². The first-order valence-corrected chi connectivity index (χ1v) is 7.03. The van der Waals surface area contributed by atoms with E-state index in [0.29, 0.717) is 25.9 Å². The normalized spacial score (nSPS) is 11.3. The van der Waals surface area contributed by atoms with E-state index in [2.05, 4.69) is 6.92 Å². The van der Waals surface area contributed by atoms with Crippen LogP contribution in [0.3, 0.4) is 0 Å². The van der Waals surface area contributed by atoms with Gasteiger partial charge >= 0.3 is 5.97 Å². The first-order chi connectivity index (χ1) is 9.09. The van der Waals surface area contributed by atoms with E-state index in [9.17, 15) is 9.90 Å². The summed E-state index contributed by atoms with van der Waals surface area (Å²) in [5, 5.41) is 9.37. The van der Waals surface area contributed by atoms with Gasteiger partial charge in [0.05, 0.1) is 12.0 Å². The van der Waals surface area contributed by atoms with Crippen molar-refractivity contribution in [1.29, 1.82) is 0 Å². The maximum atomic E-state index is 11.4. The number of rotatable bonds is 8. The Morgan fingerprint density at radius 1 is 1.21 bits per heavy atom. The summed E-state index contributed by atoms with van der Waals surface area (Å²) in [4.78, 5) is 11.4. The molecule has 3 heteroatoms. The van der Waals surface area contributed by atoms with Crippen molar-refractivity contribution in [2.75, 3.05) is 6.61 Å². The van der Waals surface area contributed by atoms with Crippen LogP contribution in [0.25, 0.3) is 0 Å². The van der Waals surface area contributed by atoms with E-state index in [4.69, 9.17) is 4.74 Å². The van der Waals surface area contributed by atoms with Crippen LogP contribution in [-0.2, 0) is 11.2 Å². The standard InChI is InChI=1S/C16H24O3/c1-4-13-9-7-8-10-14(13)19-12-11-16(5-2,6-3)15(17)18/h7-10H,4-6,11-12H2,1-3H3,(H,17,18). The SMILES string of the molecule is CCc1ccccc1OCCC(CC)(CC)C(=O)O. The van der Waals surface area contributed by atoms with Gasteiger partial charge < -0.3 is 9.84 Å². The minimum Gasteiger partial charge on any atom is -0.493 e. The van der Waals surface area contributed by atoms with Crippen molar-refractivity contribution >= 4 is 5.97 Å². The van der Waals surface area contributed by atoms with Crippen molar-refractivity contribution in [2.24, 2.45) is 5.41 Å². The van der Waals surface area contributed by atoms with Crippen LogP contribution in [0.4, 0.5) is 0 Å². The molecular weight excluding hydrogens is 240 g/mol. The minimum absolute atomic E-state index is 0.449. The molecule has 0 atom stereocenters. The molecule has 0 heterocycles. The fourth-order valence-electron chi connectivity index (χ4n) is 2.31. The molecule has 106 valence electrons. The molecule has 0 saturated carbocycles. The Balaban J connectivity index is 2.64. The van der Waals surface area contributed by atoms with Gasteiger partial charge in [-0.15, -0.1) is 0 Å². The zero-order chi connectivity index (χ0) is 14.3. The highest BCUT2D eigenvalue weighted by Gasteiger charge is 2.34.